The van der Waals surface area contributed by atoms with Gasteiger partial charge in [0.25, 0.3) is 0 Å². The number of rotatable bonds is 3. The van der Waals surface area contributed by atoms with Crippen molar-refractivity contribution >= 4 is 17.0 Å². The number of benzene rings is 1. The van der Waals surface area contributed by atoms with Crippen LogP contribution in [0.1, 0.15) is 42.0 Å². The molecule has 1 N–H and O–H groups in total. The SMILES string of the molecule is Cc1nc2c(C(=O)O)cccc2n1C(C)C1CCCO1. The lowest BCUT2D eigenvalue weighted by Gasteiger charge is -2.22. The van der Waals surface area contributed by atoms with Crippen LogP contribution in [0.4, 0.5) is 0 Å². The van der Waals surface area contributed by atoms with Crippen molar-refractivity contribution in [2.45, 2.75) is 38.8 Å². The van der Waals surface area contributed by atoms with Crippen molar-refractivity contribution in [1.29, 1.82) is 0 Å². The maximum Gasteiger partial charge on any atom is 0.337 e. The topological polar surface area (TPSA) is 64.3 Å². The van der Waals surface area contributed by atoms with Gasteiger partial charge >= 0.3 is 5.97 Å². The van der Waals surface area contributed by atoms with Gasteiger partial charge in [-0.25, -0.2) is 9.78 Å². The van der Waals surface area contributed by atoms with Crippen molar-refractivity contribution in [2.75, 3.05) is 6.61 Å². The molecule has 0 amide bonds. The smallest absolute Gasteiger partial charge is 0.337 e. The molecular formula is C15H18N2O3. The molecule has 106 valence electrons. The lowest BCUT2D eigenvalue weighted by atomic mass is 10.1. The number of carboxylic acids is 1. The summed E-state index contributed by atoms with van der Waals surface area (Å²) in [6, 6.07) is 5.45. The molecule has 2 aromatic rings. The van der Waals surface area contributed by atoms with Crippen LogP contribution in [0.5, 0.6) is 0 Å². The number of nitrogens with zero attached hydrogens (tertiary/aromatic N) is 2. The molecule has 1 aromatic carbocycles. The summed E-state index contributed by atoms with van der Waals surface area (Å²) >= 11 is 0. The summed E-state index contributed by atoms with van der Waals surface area (Å²) in [6.07, 6.45) is 2.31. The molecule has 5 heteroatoms. The van der Waals surface area contributed by atoms with Crippen molar-refractivity contribution in [3.63, 3.8) is 0 Å². The molecule has 2 unspecified atom stereocenters. The van der Waals surface area contributed by atoms with Crippen molar-refractivity contribution in [3.05, 3.63) is 29.6 Å². The zero-order valence-electron chi connectivity index (χ0n) is 11.7. The lowest BCUT2D eigenvalue weighted by Crippen LogP contribution is -2.21. The third kappa shape index (κ3) is 1.98. The number of aryl methyl sites for hydroxylation is 1. The maximum atomic E-state index is 11.3. The number of hydrogen-bond donors (Lipinski definition) is 1. The summed E-state index contributed by atoms with van der Waals surface area (Å²) in [5, 5.41) is 9.26. The highest BCUT2D eigenvalue weighted by molar-refractivity contribution is 6.01. The van der Waals surface area contributed by atoms with Gasteiger partial charge in [-0.05, 0) is 38.8 Å². The average Bonchev–Trinajstić information content (AvgIpc) is 3.03. The minimum atomic E-state index is -0.940. The highest BCUT2D eigenvalue weighted by Gasteiger charge is 2.27. The summed E-state index contributed by atoms with van der Waals surface area (Å²) in [5.41, 5.74) is 1.68. The number of ether oxygens (including phenoxy) is 1. The Morgan fingerprint density at radius 3 is 3.00 bits per heavy atom. The summed E-state index contributed by atoms with van der Waals surface area (Å²) in [7, 11) is 0. The van der Waals surface area contributed by atoms with Gasteiger partial charge in [-0.2, -0.15) is 0 Å². The van der Waals surface area contributed by atoms with Crippen LogP contribution in [0, 0.1) is 6.92 Å². The molecule has 20 heavy (non-hydrogen) atoms. The van der Waals surface area contributed by atoms with Crippen molar-refractivity contribution in [2.24, 2.45) is 0 Å². The van der Waals surface area contributed by atoms with Gasteiger partial charge in [-0.3, -0.25) is 0 Å². The van der Waals surface area contributed by atoms with Crippen LogP contribution in [0.2, 0.25) is 0 Å². The fourth-order valence-electron chi connectivity index (χ4n) is 3.07. The predicted octanol–water partition coefficient (Wildman–Crippen LogP) is 2.78. The second kappa shape index (κ2) is 4.90. The summed E-state index contributed by atoms with van der Waals surface area (Å²) in [4.78, 5) is 15.7. The average molecular weight is 274 g/mol. The first-order valence-corrected chi connectivity index (χ1v) is 6.92. The molecule has 1 fully saturated rings. The van der Waals surface area contributed by atoms with Gasteiger partial charge < -0.3 is 14.4 Å². The van der Waals surface area contributed by atoms with Crippen LogP contribution < -0.4 is 0 Å². The van der Waals surface area contributed by atoms with Gasteiger partial charge in [-0.15, -0.1) is 0 Å². The minimum Gasteiger partial charge on any atom is -0.478 e. The molecule has 0 saturated carbocycles. The van der Waals surface area contributed by atoms with E-state index in [1.807, 2.05) is 13.0 Å². The van der Waals surface area contributed by atoms with Gasteiger partial charge in [0.15, 0.2) is 0 Å². The zero-order valence-corrected chi connectivity index (χ0v) is 11.7. The van der Waals surface area contributed by atoms with E-state index in [0.29, 0.717) is 5.52 Å². The standard InChI is InChI=1S/C15H18N2O3/c1-9(13-7-4-8-20-13)17-10(2)16-14-11(15(18)19)5-3-6-12(14)17/h3,5-6,9,13H,4,7-8H2,1-2H3,(H,18,19). The predicted molar refractivity (Wildman–Crippen MR) is 75.1 cm³/mol. The van der Waals surface area contributed by atoms with Gasteiger partial charge in [0.05, 0.1) is 23.2 Å². The van der Waals surface area contributed by atoms with E-state index >= 15 is 0 Å². The van der Waals surface area contributed by atoms with Crippen LogP contribution in [0.25, 0.3) is 11.0 Å². The zero-order chi connectivity index (χ0) is 14.3. The molecule has 3 rings (SSSR count). The van der Waals surface area contributed by atoms with E-state index in [1.165, 1.54) is 0 Å². The van der Waals surface area contributed by atoms with Gasteiger partial charge in [0, 0.05) is 6.61 Å². The normalized spacial score (nSPS) is 20.4. The number of fused-ring (bicyclic) bond motifs is 1. The van der Waals surface area contributed by atoms with Crippen molar-refractivity contribution in [1.82, 2.24) is 9.55 Å². The first-order chi connectivity index (χ1) is 9.59. The number of carboxylic acid groups (broad SMARTS) is 1. The number of para-hydroxylation sites is 1. The molecule has 5 nitrogen and oxygen atoms in total. The fraction of sp³-hybridized carbons (Fsp3) is 0.467. The van der Waals surface area contributed by atoms with Gasteiger partial charge in [0.1, 0.15) is 11.3 Å². The largest absolute Gasteiger partial charge is 0.478 e. The third-order valence-corrected chi connectivity index (χ3v) is 4.04. The fourth-order valence-corrected chi connectivity index (χ4v) is 3.07. The van der Waals surface area contributed by atoms with E-state index in [4.69, 9.17) is 4.74 Å². The summed E-state index contributed by atoms with van der Waals surface area (Å²) in [5.74, 6) is -0.110. The molecular weight excluding hydrogens is 256 g/mol. The minimum absolute atomic E-state index is 0.159. The molecule has 1 aromatic heterocycles. The number of aromatic nitrogens is 2. The quantitative estimate of drug-likeness (QED) is 0.934. The van der Waals surface area contributed by atoms with Crippen LogP contribution in [0.15, 0.2) is 18.2 Å². The second-order valence-electron chi connectivity index (χ2n) is 5.30. The van der Waals surface area contributed by atoms with Gasteiger partial charge in [-0.1, -0.05) is 6.07 Å². The van der Waals surface area contributed by atoms with Gasteiger partial charge in [0.2, 0.25) is 0 Å². The molecule has 0 bridgehead atoms. The first-order valence-electron chi connectivity index (χ1n) is 6.92. The van der Waals surface area contributed by atoms with Crippen molar-refractivity contribution in [3.8, 4) is 0 Å². The van der Waals surface area contributed by atoms with E-state index in [-0.39, 0.29) is 17.7 Å². The third-order valence-electron chi connectivity index (χ3n) is 4.04. The second-order valence-corrected chi connectivity index (χ2v) is 5.30. The Kier molecular flexibility index (Phi) is 3.22. The van der Waals surface area contributed by atoms with E-state index < -0.39 is 5.97 Å². The maximum absolute atomic E-state index is 11.3. The molecule has 0 radical (unpaired) electrons. The summed E-state index contributed by atoms with van der Waals surface area (Å²) in [6.45, 7) is 4.83. The van der Waals surface area contributed by atoms with E-state index in [1.54, 1.807) is 12.1 Å². The van der Waals surface area contributed by atoms with E-state index in [2.05, 4.69) is 16.5 Å². The monoisotopic (exact) mass is 274 g/mol. The van der Waals surface area contributed by atoms with Crippen molar-refractivity contribution < 1.29 is 14.6 Å². The Hall–Kier alpha value is -1.88. The molecule has 0 aliphatic carbocycles. The van der Waals surface area contributed by atoms with Crippen LogP contribution in [0.3, 0.4) is 0 Å². The molecule has 1 saturated heterocycles. The first kappa shape index (κ1) is 13.1. The Morgan fingerprint density at radius 1 is 1.55 bits per heavy atom. The molecule has 0 spiro atoms. The Labute approximate surface area is 117 Å². The van der Waals surface area contributed by atoms with Crippen LogP contribution in [-0.2, 0) is 4.74 Å². The number of hydrogen-bond acceptors (Lipinski definition) is 3. The Bertz CT molecular complexity index is 656. The molecule has 2 atom stereocenters. The highest BCUT2D eigenvalue weighted by atomic mass is 16.5. The summed E-state index contributed by atoms with van der Waals surface area (Å²) < 4.78 is 7.85. The number of carbonyl (C=O) groups is 1. The molecule has 1 aliphatic rings. The van der Waals surface area contributed by atoms with E-state index in [0.717, 1.165) is 30.8 Å². The number of aromatic carboxylic acids is 1. The molecule has 1 aliphatic heterocycles. The highest BCUT2D eigenvalue weighted by Crippen LogP contribution is 2.30. The Morgan fingerprint density at radius 2 is 2.35 bits per heavy atom. The van der Waals surface area contributed by atoms with Crippen LogP contribution in [-0.4, -0.2) is 33.3 Å². The molecule has 2 heterocycles. The lowest BCUT2D eigenvalue weighted by molar-refractivity contribution is 0.0699. The Balaban J connectivity index is 2.13. The number of imidazole rings is 1. The van der Waals surface area contributed by atoms with Crippen LogP contribution >= 0.6 is 0 Å². The van der Waals surface area contributed by atoms with E-state index in [9.17, 15) is 9.90 Å².